The number of hydrogen-bond acceptors (Lipinski definition) is 4. The quantitative estimate of drug-likeness (QED) is 0.832. The Morgan fingerprint density at radius 3 is 2.73 bits per heavy atom. The highest BCUT2D eigenvalue weighted by molar-refractivity contribution is 5.85. The number of aliphatic hydroxyl groups is 1. The van der Waals surface area contributed by atoms with E-state index in [0.29, 0.717) is 33.1 Å². The van der Waals surface area contributed by atoms with Gasteiger partial charge in [0.05, 0.1) is 19.3 Å². The molecule has 1 amide bonds. The minimum atomic E-state index is -5.01. The predicted molar refractivity (Wildman–Crippen MR) is 88.5 cm³/mol. The maximum Gasteiger partial charge on any atom is 0.426 e. The van der Waals surface area contributed by atoms with Crippen LogP contribution in [0.3, 0.4) is 0 Å². The lowest BCUT2D eigenvalue weighted by atomic mass is 9.88. The molecular weight excluding hydrogens is 349 g/mol. The monoisotopic (exact) mass is 372 g/mol. The number of hydrogen-bond donors (Lipinski definition) is 2. The predicted octanol–water partition coefficient (Wildman–Crippen LogP) is 1.85. The summed E-state index contributed by atoms with van der Waals surface area (Å²) in [7, 11) is 0. The minimum absolute atomic E-state index is 0.0498. The van der Waals surface area contributed by atoms with Crippen LogP contribution in [0.2, 0.25) is 0 Å². The van der Waals surface area contributed by atoms with Crippen LogP contribution in [0.25, 0.3) is 0 Å². The van der Waals surface area contributed by atoms with Crippen molar-refractivity contribution in [2.24, 2.45) is 0 Å². The van der Waals surface area contributed by atoms with Gasteiger partial charge in [0.1, 0.15) is 0 Å². The van der Waals surface area contributed by atoms with E-state index in [1.54, 1.807) is 0 Å². The van der Waals surface area contributed by atoms with Gasteiger partial charge in [-0.2, -0.15) is 13.2 Å². The summed E-state index contributed by atoms with van der Waals surface area (Å²) < 4.78 is 44.6. The van der Waals surface area contributed by atoms with Crippen molar-refractivity contribution in [1.82, 2.24) is 10.2 Å². The van der Waals surface area contributed by atoms with Crippen molar-refractivity contribution >= 4 is 5.91 Å². The number of carbonyl (C=O) groups is 1. The van der Waals surface area contributed by atoms with Gasteiger partial charge in [-0.05, 0) is 37.0 Å². The van der Waals surface area contributed by atoms with Crippen LogP contribution in [0.5, 0.6) is 0 Å². The van der Waals surface area contributed by atoms with Crippen LogP contribution >= 0.6 is 0 Å². The first-order chi connectivity index (χ1) is 12.1. The van der Waals surface area contributed by atoms with E-state index in [1.165, 1.54) is 0 Å². The first-order valence-electron chi connectivity index (χ1n) is 8.63. The molecule has 0 spiro atoms. The maximum absolute atomic E-state index is 13.0. The van der Waals surface area contributed by atoms with Crippen molar-refractivity contribution in [3.8, 4) is 0 Å². The topological polar surface area (TPSA) is 61.8 Å². The lowest BCUT2D eigenvalue weighted by molar-refractivity contribution is -0.250. The second kappa shape index (κ2) is 6.83. The fourth-order valence-corrected chi connectivity index (χ4v) is 3.54. The third-order valence-electron chi connectivity index (χ3n) is 5.07. The number of fused-ring (bicyclic) bond motifs is 1. The Labute approximate surface area is 150 Å². The Kier molecular flexibility index (Phi) is 5.02. The first kappa shape index (κ1) is 19.1. The molecule has 5 nitrogen and oxygen atoms in total. The van der Waals surface area contributed by atoms with Crippen LogP contribution in [0, 0.1) is 6.92 Å². The van der Waals surface area contributed by atoms with E-state index in [2.05, 4.69) is 5.32 Å². The molecule has 8 heteroatoms. The molecule has 26 heavy (non-hydrogen) atoms. The average Bonchev–Trinajstić information content (AvgIpc) is 2.59. The van der Waals surface area contributed by atoms with Crippen LogP contribution in [-0.4, -0.2) is 54.0 Å². The van der Waals surface area contributed by atoms with Crippen molar-refractivity contribution < 1.29 is 27.8 Å². The van der Waals surface area contributed by atoms with Crippen LogP contribution in [0.4, 0.5) is 13.2 Å². The standard InChI is InChI=1S/C18H23F3N2O3/c1-11-7-12-3-5-23(16(24)17(2,25)18(19,20)21)9-14(12)13(8-11)15-10-26-6-4-22-15/h7-8,15,22,25H,3-6,9-10H2,1-2H3/t15?,17-/m0/s1. The first-order valence-corrected chi connectivity index (χ1v) is 8.63. The Morgan fingerprint density at radius 2 is 2.12 bits per heavy atom. The number of carbonyl (C=O) groups excluding carboxylic acids is 1. The molecule has 0 aliphatic carbocycles. The Balaban J connectivity index is 1.91. The third-order valence-corrected chi connectivity index (χ3v) is 5.07. The summed E-state index contributed by atoms with van der Waals surface area (Å²) in [4.78, 5) is 13.4. The van der Waals surface area contributed by atoms with Gasteiger partial charge in [0, 0.05) is 19.6 Å². The highest BCUT2D eigenvalue weighted by Crippen LogP contribution is 2.35. The second-order valence-electron chi connectivity index (χ2n) is 7.12. The van der Waals surface area contributed by atoms with Gasteiger partial charge in [-0.25, -0.2) is 0 Å². The van der Waals surface area contributed by atoms with Gasteiger partial charge >= 0.3 is 6.18 Å². The third kappa shape index (κ3) is 3.45. The number of nitrogens with one attached hydrogen (secondary N) is 1. The van der Waals surface area contributed by atoms with E-state index in [4.69, 9.17) is 4.74 Å². The molecule has 3 rings (SSSR count). The molecule has 2 aliphatic heterocycles. The normalized spacial score (nSPS) is 23.3. The summed E-state index contributed by atoms with van der Waals surface area (Å²) in [6.07, 6.45) is -4.56. The summed E-state index contributed by atoms with van der Waals surface area (Å²) in [6.45, 7) is 4.47. The highest BCUT2D eigenvalue weighted by Gasteiger charge is 2.57. The molecule has 1 aromatic carbocycles. The van der Waals surface area contributed by atoms with Gasteiger partial charge in [-0.15, -0.1) is 0 Å². The summed E-state index contributed by atoms with van der Waals surface area (Å²) in [5.74, 6) is -1.31. The lowest BCUT2D eigenvalue weighted by Gasteiger charge is -2.37. The number of benzene rings is 1. The Hall–Kier alpha value is -1.64. The molecule has 144 valence electrons. The second-order valence-corrected chi connectivity index (χ2v) is 7.12. The van der Waals surface area contributed by atoms with E-state index in [1.807, 2.05) is 19.1 Å². The molecule has 1 unspecified atom stereocenters. The summed E-state index contributed by atoms with van der Waals surface area (Å²) in [6, 6.07) is 3.93. The smallest absolute Gasteiger partial charge is 0.378 e. The molecule has 0 radical (unpaired) electrons. The molecule has 1 aromatic rings. The molecule has 1 fully saturated rings. The van der Waals surface area contributed by atoms with E-state index >= 15 is 0 Å². The zero-order valence-electron chi connectivity index (χ0n) is 14.8. The molecule has 2 heterocycles. The Morgan fingerprint density at radius 1 is 1.38 bits per heavy atom. The van der Waals surface area contributed by atoms with Crippen molar-refractivity contribution in [1.29, 1.82) is 0 Å². The van der Waals surface area contributed by atoms with Gasteiger partial charge in [-0.3, -0.25) is 4.79 Å². The summed E-state index contributed by atoms with van der Waals surface area (Å²) in [5, 5.41) is 13.1. The molecule has 1 saturated heterocycles. The highest BCUT2D eigenvalue weighted by atomic mass is 19.4. The van der Waals surface area contributed by atoms with Crippen LogP contribution in [-0.2, 0) is 22.5 Å². The minimum Gasteiger partial charge on any atom is -0.378 e. The SMILES string of the molecule is Cc1cc2c(c(C3COCCN3)c1)CN(C(=O)[C@](C)(O)C(F)(F)F)CC2. The van der Waals surface area contributed by atoms with Gasteiger partial charge in [-0.1, -0.05) is 17.7 Å². The van der Waals surface area contributed by atoms with Crippen LogP contribution in [0.1, 0.15) is 35.2 Å². The Bertz CT molecular complexity index is 698. The largest absolute Gasteiger partial charge is 0.426 e. The van der Waals surface area contributed by atoms with Crippen LogP contribution < -0.4 is 5.32 Å². The molecular formula is C18H23F3N2O3. The van der Waals surface area contributed by atoms with Crippen molar-refractivity contribution in [3.63, 3.8) is 0 Å². The van der Waals surface area contributed by atoms with Crippen molar-refractivity contribution in [2.45, 2.75) is 44.6 Å². The number of alkyl halides is 3. The number of nitrogens with zero attached hydrogens (tertiary/aromatic N) is 1. The van der Waals surface area contributed by atoms with Gasteiger partial charge in [0.25, 0.3) is 5.91 Å². The number of aryl methyl sites for hydroxylation is 1. The van der Waals surface area contributed by atoms with E-state index < -0.39 is 17.7 Å². The number of amides is 1. The van der Waals surface area contributed by atoms with Crippen LogP contribution in [0.15, 0.2) is 12.1 Å². The fourth-order valence-electron chi connectivity index (χ4n) is 3.54. The average molecular weight is 372 g/mol. The molecule has 2 aliphatic rings. The van der Waals surface area contributed by atoms with Crippen molar-refractivity contribution in [3.05, 3.63) is 34.4 Å². The zero-order chi connectivity index (χ0) is 19.1. The molecule has 0 aromatic heterocycles. The fraction of sp³-hybridized carbons (Fsp3) is 0.611. The lowest BCUT2D eigenvalue weighted by Crippen LogP contribution is -2.56. The molecule has 2 N–H and O–H groups in total. The molecule has 0 bridgehead atoms. The summed E-state index contributed by atoms with van der Waals surface area (Å²) >= 11 is 0. The van der Waals surface area contributed by atoms with E-state index in [9.17, 15) is 23.1 Å². The molecule has 0 saturated carbocycles. The number of halogens is 3. The van der Waals surface area contributed by atoms with Gasteiger partial charge in [0.15, 0.2) is 0 Å². The maximum atomic E-state index is 13.0. The van der Waals surface area contributed by atoms with Crippen molar-refractivity contribution in [2.75, 3.05) is 26.3 Å². The zero-order valence-corrected chi connectivity index (χ0v) is 14.8. The van der Waals surface area contributed by atoms with E-state index in [0.717, 1.165) is 27.2 Å². The number of rotatable bonds is 2. The van der Waals surface area contributed by atoms with Gasteiger partial charge < -0.3 is 20.1 Å². The van der Waals surface area contributed by atoms with Gasteiger partial charge in [0.2, 0.25) is 5.60 Å². The molecule has 2 atom stereocenters. The van der Waals surface area contributed by atoms with E-state index in [-0.39, 0.29) is 19.1 Å². The summed E-state index contributed by atoms with van der Waals surface area (Å²) in [5.41, 5.74) is 0.498. The number of ether oxygens (including phenoxy) is 1. The number of morpholine rings is 1.